The van der Waals surface area contributed by atoms with Crippen LogP contribution in [-0.2, 0) is 17.1 Å². The normalized spacial score (nSPS) is 14.1. The molecular weight excluding hydrogens is 662 g/mol. The van der Waals surface area contributed by atoms with Gasteiger partial charge in [-0.3, -0.25) is 11.8 Å². The van der Waals surface area contributed by atoms with E-state index < -0.39 is 8.07 Å². The van der Waals surface area contributed by atoms with Crippen LogP contribution in [0.2, 0.25) is 19.6 Å². The molecule has 1 fully saturated rings. The van der Waals surface area contributed by atoms with Crippen molar-refractivity contribution in [1.29, 1.82) is 0 Å². The predicted octanol–water partition coefficient (Wildman–Crippen LogP) is 9.68. The smallest absolute Gasteiger partial charge is 0.358 e. The SMILES string of the molecule is C[C]1[C](C)[C](C)[C](C)[C]1C.[C-]#CC#C[Si](C)(C)C.[Fe+2].c1ccc(P(CCP(c2ccccc2)c2ccccc2)c2ccccc2)cc1. The molecule has 47 heavy (non-hydrogen) atoms. The van der Waals surface area contributed by atoms with Crippen molar-refractivity contribution in [1.82, 2.24) is 0 Å². The number of rotatable bonds is 7. The first-order valence-electron chi connectivity index (χ1n) is 15.9. The maximum Gasteiger partial charge on any atom is 2.00 e. The van der Waals surface area contributed by atoms with Gasteiger partial charge >= 0.3 is 17.1 Å². The van der Waals surface area contributed by atoms with Crippen LogP contribution in [0, 0.1) is 53.4 Å². The molecule has 0 N–H and O–H groups in total. The molecule has 0 nitrogen and oxygen atoms in total. The standard InChI is InChI=1S/C26H24P2.C10H15.C7H9Si.Fe/c1-5-13-23(14-6-1)27(24-15-7-2-8-16-24)21-22-28(25-17-9-3-10-18-25)26-19-11-4-12-20-26;1-6-7(2)9(4)10(5)8(6)3;1-5-6-7-8(2,3)4;/h1-20H,21-22H2;1-5H3;2-4H3;/q;;-1;+2. The van der Waals surface area contributed by atoms with E-state index >= 15 is 0 Å². The maximum absolute atomic E-state index is 6.48. The Balaban J connectivity index is 0.000000333. The third-order valence-corrected chi connectivity index (χ3v) is 14.4. The van der Waals surface area contributed by atoms with Crippen LogP contribution in [0.25, 0.3) is 0 Å². The molecule has 1 aliphatic rings. The zero-order chi connectivity index (χ0) is 33.5. The van der Waals surface area contributed by atoms with Crippen LogP contribution in [0.15, 0.2) is 121 Å². The van der Waals surface area contributed by atoms with E-state index in [1.165, 1.54) is 63.1 Å². The van der Waals surface area contributed by atoms with Gasteiger partial charge in [-0.25, -0.2) is 5.54 Å². The van der Waals surface area contributed by atoms with Gasteiger partial charge in [0, 0.05) is 0 Å². The first-order valence-corrected chi connectivity index (χ1v) is 22.5. The molecule has 5 rings (SSSR count). The fourth-order valence-corrected chi connectivity index (χ4v) is 10.9. The van der Waals surface area contributed by atoms with Gasteiger partial charge in [0.1, 0.15) is 8.07 Å². The summed E-state index contributed by atoms with van der Waals surface area (Å²) in [5.41, 5.74) is 2.96. The molecular formula is C43H48FeP2Si+. The summed E-state index contributed by atoms with van der Waals surface area (Å²) in [6.07, 6.45) is 8.90. The van der Waals surface area contributed by atoms with Gasteiger partial charge in [0.15, 0.2) is 0 Å². The molecule has 0 atom stereocenters. The van der Waals surface area contributed by atoms with E-state index in [1.807, 2.05) is 5.92 Å². The summed E-state index contributed by atoms with van der Waals surface area (Å²) in [6, 6.07) is 44.2. The van der Waals surface area contributed by atoms with Crippen molar-refractivity contribution in [3.63, 3.8) is 0 Å². The summed E-state index contributed by atoms with van der Waals surface area (Å²) in [5.74, 6) is 11.9. The van der Waals surface area contributed by atoms with Gasteiger partial charge in [-0.05, 0) is 79.0 Å². The van der Waals surface area contributed by atoms with E-state index in [9.17, 15) is 0 Å². The molecule has 4 aromatic carbocycles. The van der Waals surface area contributed by atoms with Gasteiger partial charge in [-0.1, -0.05) is 176 Å². The molecule has 241 valence electrons. The van der Waals surface area contributed by atoms with E-state index in [2.05, 4.69) is 187 Å². The fourth-order valence-electron chi connectivity index (χ4n) is 5.07. The Morgan fingerprint density at radius 3 is 0.872 bits per heavy atom. The third kappa shape index (κ3) is 13.2. The van der Waals surface area contributed by atoms with E-state index in [4.69, 9.17) is 6.42 Å². The Labute approximate surface area is 302 Å². The predicted molar refractivity (Wildman–Crippen MR) is 211 cm³/mol. The fraction of sp³-hybridized carbons (Fsp3) is 0.233. The topological polar surface area (TPSA) is 0 Å². The van der Waals surface area contributed by atoms with Crippen LogP contribution in [0.4, 0.5) is 0 Å². The zero-order valence-corrected chi connectivity index (χ0v) is 33.1. The third-order valence-electron chi connectivity index (χ3n) is 8.13. The van der Waals surface area contributed by atoms with Crippen LogP contribution in [-0.4, -0.2) is 20.4 Å². The molecule has 1 aliphatic carbocycles. The first-order chi connectivity index (χ1) is 22.0. The molecule has 0 saturated heterocycles. The molecule has 0 bridgehead atoms. The van der Waals surface area contributed by atoms with Crippen molar-refractivity contribution < 1.29 is 17.1 Å². The monoisotopic (exact) mass is 710 g/mol. The number of hydrogen-bond acceptors (Lipinski definition) is 0. The van der Waals surface area contributed by atoms with Crippen molar-refractivity contribution in [2.24, 2.45) is 0 Å². The van der Waals surface area contributed by atoms with Crippen LogP contribution < -0.4 is 21.2 Å². The van der Waals surface area contributed by atoms with E-state index in [0.717, 1.165) is 0 Å². The average Bonchev–Trinajstić information content (AvgIpc) is 3.25. The molecule has 0 unspecified atom stereocenters. The van der Waals surface area contributed by atoms with Crippen LogP contribution >= 0.6 is 15.8 Å². The Hall–Kier alpha value is -2.40. The van der Waals surface area contributed by atoms with Crippen LogP contribution in [0.3, 0.4) is 0 Å². The minimum absolute atomic E-state index is 0. The molecule has 1 saturated carbocycles. The van der Waals surface area contributed by atoms with E-state index in [-0.39, 0.29) is 32.9 Å². The number of hydrogen-bond donors (Lipinski definition) is 0. The van der Waals surface area contributed by atoms with Crippen molar-refractivity contribution in [3.8, 4) is 17.4 Å². The average molecular weight is 711 g/mol. The quantitative estimate of drug-likeness (QED) is 0.0776. The Morgan fingerprint density at radius 1 is 0.468 bits per heavy atom. The molecule has 5 radical (unpaired) electrons. The molecule has 4 heteroatoms. The van der Waals surface area contributed by atoms with Gasteiger partial charge in [0.05, 0.1) is 0 Å². The van der Waals surface area contributed by atoms with Crippen LogP contribution in [0.5, 0.6) is 0 Å². The molecule has 0 aliphatic heterocycles. The van der Waals surface area contributed by atoms with E-state index in [1.54, 1.807) is 0 Å². The minimum Gasteiger partial charge on any atom is -0.358 e. The summed E-state index contributed by atoms with van der Waals surface area (Å²) < 4.78 is 0. The van der Waals surface area contributed by atoms with Gasteiger partial charge in [0.2, 0.25) is 0 Å². The second-order valence-electron chi connectivity index (χ2n) is 12.4. The minimum atomic E-state index is -1.22. The maximum atomic E-state index is 6.48. The summed E-state index contributed by atoms with van der Waals surface area (Å²) in [6.45, 7) is 17.4. The van der Waals surface area contributed by atoms with E-state index in [0.29, 0.717) is 0 Å². The van der Waals surface area contributed by atoms with Gasteiger partial charge < -0.3 is 6.42 Å². The largest absolute Gasteiger partial charge is 2.00 e. The number of benzene rings is 4. The summed E-state index contributed by atoms with van der Waals surface area (Å²) >= 11 is 0. The molecule has 4 aromatic rings. The zero-order valence-electron chi connectivity index (χ0n) is 29.2. The molecule has 0 aromatic heterocycles. The summed E-state index contributed by atoms with van der Waals surface area (Å²) in [5, 5.41) is 5.89. The second-order valence-corrected chi connectivity index (χ2v) is 21.8. The van der Waals surface area contributed by atoms with Gasteiger partial charge in [-0.2, -0.15) is 0 Å². The molecule has 0 spiro atoms. The van der Waals surface area contributed by atoms with Crippen molar-refractivity contribution in [2.75, 3.05) is 12.3 Å². The summed E-state index contributed by atoms with van der Waals surface area (Å²) in [4.78, 5) is 0. The van der Waals surface area contributed by atoms with Crippen molar-refractivity contribution in [3.05, 3.63) is 157 Å². The Morgan fingerprint density at radius 2 is 0.702 bits per heavy atom. The van der Waals surface area contributed by atoms with Gasteiger partial charge in [-0.15, -0.1) is 0 Å². The Bertz CT molecular complexity index is 1310. The first kappa shape index (κ1) is 40.8. The summed E-state index contributed by atoms with van der Waals surface area (Å²) in [7, 11) is -1.92. The van der Waals surface area contributed by atoms with Crippen molar-refractivity contribution in [2.45, 2.75) is 54.3 Å². The Kier molecular flexibility index (Phi) is 18.1. The van der Waals surface area contributed by atoms with Gasteiger partial charge in [0.25, 0.3) is 0 Å². The second kappa shape index (κ2) is 20.8. The molecule has 0 heterocycles. The molecule has 0 amide bonds. The van der Waals surface area contributed by atoms with Crippen molar-refractivity contribution >= 4 is 45.1 Å². The van der Waals surface area contributed by atoms with Crippen LogP contribution in [0.1, 0.15) is 34.6 Å².